The molecule has 2 heterocycles. The molecule has 0 radical (unpaired) electrons. The Kier molecular flexibility index (Phi) is 47.4. The molecule has 137 heavy (non-hydrogen) atoms. The van der Waals surface area contributed by atoms with Crippen LogP contribution in [-0.4, -0.2) is 301 Å². The van der Waals surface area contributed by atoms with Crippen LogP contribution in [0.1, 0.15) is 164 Å². The maximum Gasteiger partial charge on any atom is 0.325 e. The van der Waals surface area contributed by atoms with E-state index in [1.165, 1.54) is 58.2 Å². The number of likely N-dealkylation sites (tertiary alicyclic amines) is 1. The summed E-state index contributed by atoms with van der Waals surface area (Å²) >= 11 is 0. The molecule has 0 unspecified atom stereocenters. The Morgan fingerprint density at radius 3 is 1.43 bits per heavy atom. The van der Waals surface area contributed by atoms with Crippen molar-refractivity contribution in [3.63, 3.8) is 0 Å². The Bertz CT molecular complexity index is 4780. The number of carbonyl (C=O) groups excluding carboxylic acids is 20. The lowest BCUT2D eigenvalue weighted by Gasteiger charge is -2.30. The van der Waals surface area contributed by atoms with E-state index in [0.29, 0.717) is 28.5 Å². The second-order valence-electron chi connectivity index (χ2n) is 35.0. The van der Waals surface area contributed by atoms with E-state index in [0.717, 1.165) is 11.8 Å². The summed E-state index contributed by atoms with van der Waals surface area (Å²) in [6, 6.07) is -13.5. The highest BCUT2D eigenvalue weighted by Gasteiger charge is 2.43. The number of aliphatic hydroxyl groups is 2. The van der Waals surface area contributed by atoms with E-state index in [4.69, 9.17) is 28.7 Å². The fraction of sp³-hybridized carbons (Fsp3) is 0.586. The second kappa shape index (κ2) is 56.3. The predicted octanol–water partition coefficient (Wildman–Crippen LogP) is -8.48. The number of H-pyrrole nitrogens is 1. The molecular formula is C87H133N23O27. The van der Waals surface area contributed by atoms with Gasteiger partial charge in [-0.25, -0.2) is 0 Å². The molecule has 50 heteroatoms. The van der Waals surface area contributed by atoms with Crippen LogP contribution in [0.25, 0.3) is 10.9 Å². The number of amides is 20. The number of aromatic nitrogens is 1. The normalized spacial score (nSPS) is 15.9. The summed E-state index contributed by atoms with van der Waals surface area (Å²) in [4.78, 5) is 302. The number of fused-ring (bicyclic) bond motifs is 1. The molecule has 3 aromatic rings. The number of nitrogens with two attached hydrogens (primary N) is 5. The standard InChI is InChI=1S/C87H133N23O27/c1-40(2)29-55(98-66(117)37-94-73(122)57(31-47-21-23-49(113)24-22-47)102-78(127)56(30-41(3)4)101-72(121)44(9)96-83(132)70(43(7)8)108-85(134)71(46(11)112)109-82(131)62-20-16-28-110(62)86(135)51(89)33-64(91)115)77(126)99-53(19-14-15-27-88)75(124)100-54(25-26-63(90)114)76(125)105-60(35-68(119)120)80(129)103-58(32-48-36-93-52-18-13-12-17-50(48)52)79(128)104-59(34-65(92)116)74(123)95-38-67(118)107-69(42(5)6)84(133)106-61(39-111)81(130)97-45(10)87(136)137/h12-13,17-18,21-24,36,40-46,51,53-62,69-71,93,111-113H,14-16,19-20,25-35,37-39,88-89H2,1-11H3,(H2,90,114)(H2,91,115)(H2,92,116)(H,94,122)(H,95,123)(H,96,132)(H,97,130)(H,98,117)(H,99,126)(H,100,124)(H,101,121)(H,102,127)(H,103,129)(H,104,128)(H,105,125)(H,106,133)(H,107,118)(H,108,134)(H,109,131)(H,119,120)(H,136,137)/t44-,45-,46+,51-,53-,54-,55-,56-,57-,58-,59-,60-,61-,62-,69-,70-,71-/m0/s1. The van der Waals surface area contributed by atoms with Crippen LogP contribution in [0.15, 0.2) is 54.7 Å². The number of unbranched alkanes of at least 4 members (excludes halogenated alkanes) is 1. The minimum absolute atomic E-state index is 0.0682. The van der Waals surface area contributed by atoms with Gasteiger partial charge in [0.2, 0.25) is 118 Å². The number of benzene rings is 2. The van der Waals surface area contributed by atoms with Gasteiger partial charge >= 0.3 is 11.9 Å². The molecule has 1 aliphatic rings. The Hall–Kier alpha value is -14.0. The maximum atomic E-state index is 14.7. The van der Waals surface area contributed by atoms with E-state index in [1.54, 1.807) is 65.8 Å². The largest absolute Gasteiger partial charge is 0.508 e. The van der Waals surface area contributed by atoms with Gasteiger partial charge in [-0.1, -0.05) is 85.7 Å². The quantitative estimate of drug-likeness (QED) is 0.0233. The zero-order valence-corrected chi connectivity index (χ0v) is 78.3. The van der Waals surface area contributed by atoms with Gasteiger partial charge in [0.1, 0.15) is 96.4 Å². The van der Waals surface area contributed by atoms with E-state index >= 15 is 0 Å². The highest BCUT2D eigenvalue weighted by atomic mass is 16.4. The van der Waals surface area contributed by atoms with E-state index in [-0.39, 0.29) is 69.7 Å². The van der Waals surface area contributed by atoms with Crippen LogP contribution in [0.3, 0.4) is 0 Å². The number of carboxylic acids is 2. The minimum atomic E-state index is -2.17. The third-order valence-electron chi connectivity index (χ3n) is 21.7. The fourth-order valence-electron chi connectivity index (χ4n) is 14.3. The van der Waals surface area contributed by atoms with Gasteiger partial charge in [0.25, 0.3) is 0 Å². The van der Waals surface area contributed by atoms with Gasteiger partial charge in [0, 0.05) is 42.9 Å². The highest BCUT2D eigenvalue weighted by Crippen LogP contribution is 2.23. The van der Waals surface area contributed by atoms with Crippen molar-refractivity contribution in [3.8, 4) is 5.75 Å². The summed E-state index contributed by atoms with van der Waals surface area (Å²) in [6.07, 6.45) is -4.44. The van der Waals surface area contributed by atoms with Crippen LogP contribution in [0.2, 0.25) is 0 Å². The number of aliphatic carboxylic acids is 2. The average molecular weight is 1930 g/mol. The first-order valence-electron chi connectivity index (χ1n) is 44.7. The summed E-state index contributed by atoms with van der Waals surface area (Å²) in [5, 5.41) is 89.0. The number of primary amides is 3. The Morgan fingerprint density at radius 1 is 0.453 bits per heavy atom. The number of carboxylic acid groups (broad SMARTS) is 2. The highest BCUT2D eigenvalue weighted by molar-refractivity contribution is 6.03. The molecule has 0 aliphatic carbocycles. The average Bonchev–Trinajstić information content (AvgIpc) is 1.67. The van der Waals surface area contributed by atoms with Gasteiger partial charge < -0.3 is 149 Å². The molecule has 758 valence electrons. The van der Waals surface area contributed by atoms with Crippen LogP contribution in [0, 0.1) is 23.7 Å². The number of nitrogens with zero attached hydrogens (tertiary/aromatic N) is 1. The smallest absolute Gasteiger partial charge is 0.325 e. The molecule has 1 fully saturated rings. The monoisotopic (exact) mass is 1930 g/mol. The number of hydrogen-bond acceptors (Lipinski definition) is 27. The molecule has 1 aromatic heterocycles. The fourth-order valence-corrected chi connectivity index (χ4v) is 14.3. The molecule has 50 nitrogen and oxygen atoms in total. The lowest BCUT2D eigenvalue weighted by Crippen LogP contribution is -2.62. The van der Waals surface area contributed by atoms with Crippen LogP contribution < -0.4 is 114 Å². The molecule has 0 spiro atoms. The molecule has 2 aromatic carbocycles. The molecular weight excluding hydrogens is 1800 g/mol. The third-order valence-corrected chi connectivity index (χ3v) is 21.7. The summed E-state index contributed by atoms with van der Waals surface area (Å²) in [7, 11) is 0. The lowest BCUT2D eigenvalue weighted by atomic mass is 10.00. The molecule has 1 aliphatic heterocycles. The number of hydrogen-bond donors (Lipinski definition) is 27. The maximum absolute atomic E-state index is 14.7. The first kappa shape index (κ1) is 115. The zero-order valence-electron chi connectivity index (χ0n) is 78.3. The summed E-state index contributed by atoms with van der Waals surface area (Å²) in [5.74, 6) is -26.4. The number of carbonyl (C=O) groups is 22. The van der Waals surface area contributed by atoms with Gasteiger partial charge in [-0.3, -0.25) is 105 Å². The topological polar surface area (TPSA) is 818 Å². The van der Waals surface area contributed by atoms with Crippen molar-refractivity contribution >= 4 is 141 Å². The summed E-state index contributed by atoms with van der Waals surface area (Å²) < 4.78 is 0. The van der Waals surface area contributed by atoms with Gasteiger partial charge in [0.15, 0.2) is 0 Å². The van der Waals surface area contributed by atoms with E-state index in [9.17, 15) is 131 Å². The van der Waals surface area contributed by atoms with Gasteiger partial charge in [-0.15, -0.1) is 0 Å². The lowest BCUT2D eigenvalue weighted by molar-refractivity contribution is -0.142. The number of para-hydroxylation sites is 1. The number of phenols is 1. The predicted molar refractivity (Wildman–Crippen MR) is 487 cm³/mol. The Balaban J connectivity index is 1.56. The molecule has 17 atom stereocenters. The molecule has 0 bridgehead atoms. The van der Waals surface area contributed by atoms with Crippen molar-refractivity contribution in [1.29, 1.82) is 0 Å². The van der Waals surface area contributed by atoms with Crippen LogP contribution >= 0.6 is 0 Å². The van der Waals surface area contributed by atoms with Gasteiger partial charge in [0.05, 0.1) is 51.1 Å². The Morgan fingerprint density at radius 2 is 0.905 bits per heavy atom. The number of aromatic amines is 1. The minimum Gasteiger partial charge on any atom is -0.508 e. The first-order valence-corrected chi connectivity index (χ1v) is 44.7. The van der Waals surface area contributed by atoms with Crippen molar-refractivity contribution < 1.29 is 131 Å². The van der Waals surface area contributed by atoms with Crippen molar-refractivity contribution in [2.75, 3.05) is 32.8 Å². The zero-order chi connectivity index (χ0) is 103. The summed E-state index contributed by atoms with van der Waals surface area (Å²) in [5.41, 5.74) is 29.2. The molecule has 4 rings (SSSR count). The van der Waals surface area contributed by atoms with Crippen molar-refractivity contribution in [3.05, 3.63) is 65.9 Å². The second-order valence-corrected chi connectivity index (χ2v) is 35.0. The van der Waals surface area contributed by atoms with E-state index in [2.05, 4.69) is 90.1 Å². The number of aliphatic hydroxyl groups excluding tert-OH is 2. The van der Waals surface area contributed by atoms with Crippen LogP contribution in [0.5, 0.6) is 5.75 Å². The van der Waals surface area contributed by atoms with Crippen LogP contribution in [-0.2, 0) is 118 Å². The summed E-state index contributed by atoms with van der Waals surface area (Å²) in [6.45, 7) is 13.8. The SMILES string of the molecule is CC(C)C[C@H](NC(=O)CNC(=O)[C@H](Cc1ccc(O)cc1)NC(=O)[C@H](CC(C)C)NC(=O)[C@H](C)NC(=O)[C@@H](NC(=O)[C@@H](NC(=O)[C@@H]1CCCN1C(=O)[C@@H](N)CC(N)=O)[C@@H](C)O)C(C)C)C(=O)N[C@@H](CCCCN)C(=O)N[C@@H](CCC(N)=O)C(=O)N[C@@H](CC(=O)O)C(=O)N[C@@H](Cc1c[nH]c2ccccc12)C(=O)N[C@@H](CC(N)=O)C(=O)NCC(=O)N[C@H](C(=O)N[C@@H](CO)C(=O)N[C@@H](C)C(=O)O)C(C)C. The van der Waals surface area contributed by atoms with Crippen molar-refractivity contribution in [2.24, 2.45) is 52.3 Å². The van der Waals surface area contributed by atoms with Crippen LogP contribution in [0.4, 0.5) is 0 Å². The molecule has 20 amide bonds. The molecule has 1 saturated heterocycles. The van der Waals surface area contributed by atoms with E-state index in [1.807, 2.05) is 0 Å². The van der Waals surface area contributed by atoms with Crippen molar-refractivity contribution in [1.82, 2.24) is 95.0 Å². The number of phenolic OH excluding ortho intramolecular Hbond substituents is 1. The van der Waals surface area contributed by atoms with E-state index < -0.39 is 309 Å². The van der Waals surface area contributed by atoms with Crippen molar-refractivity contribution in [2.45, 2.75) is 269 Å². The first-order chi connectivity index (χ1) is 64.2. The Labute approximate surface area is 789 Å². The number of nitrogens with one attached hydrogen (secondary N) is 17. The molecule has 0 saturated carbocycles. The third kappa shape index (κ3) is 39.1. The van der Waals surface area contributed by atoms with Gasteiger partial charge in [-0.2, -0.15) is 0 Å². The number of rotatable bonds is 59. The van der Waals surface area contributed by atoms with Gasteiger partial charge in [-0.05, 0) is 132 Å². The molecule has 32 N–H and O–H groups in total. The number of aromatic hydroxyl groups is 1.